The normalized spacial score (nSPS) is 25.8. The summed E-state index contributed by atoms with van der Waals surface area (Å²) in [6.45, 7) is 7.06. The first kappa shape index (κ1) is 15.0. The summed E-state index contributed by atoms with van der Waals surface area (Å²) < 4.78 is 5.71. The quantitative estimate of drug-likeness (QED) is 0.835. The van der Waals surface area contributed by atoms with Crippen LogP contribution in [-0.2, 0) is 9.53 Å². The van der Waals surface area contributed by atoms with E-state index in [2.05, 4.69) is 19.2 Å². The van der Waals surface area contributed by atoms with Gasteiger partial charge < -0.3 is 10.5 Å². The van der Waals surface area contributed by atoms with Crippen molar-refractivity contribution < 1.29 is 9.53 Å². The predicted molar refractivity (Wildman–Crippen MR) is 79.1 cm³/mol. The van der Waals surface area contributed by atoms with Crippen molar-refractivity contribution in [3.63, 3.8) is 0 Å². The van der Waals surface area contributed by atoms with Gasteiger partial charge in [-0.25, -0.2) is 0 Å². The number of rotatable bonds is 6. The molecule has 0 spiro atoms. The van der Waals surface area contributed by atoms with Gasteiger partial charge >= 0.3 is 0 Å². The molecule has 110 valence electrons. The van der Waals surface area contributed by atoms with Crippen LogP contribution in [0.15, 0.2) is 30.3 Å². The van der Waals surface area contributed by atoms with Crippen LogP contribution in [0.2, 0.25) is 0 Å². The van der Waals surface area contributed by atoms with E-state index in [1.165, 1.54) is 0 Å². The summed E-state index contributed by atoms with van der Waals surface area (Å²) in [7, 11) is 0. The van der Waals surface area contributed by atoms with Crippen molar-refractivity contribution >= 4 is 5.91 Å². The third kappa shape index (κ3) is 2.86. The van der Waals surface area contributed by atoms with Crippen LogP contribution >= 0.6 is 0 Å². The summed E-state index contributed by atoms with van der Waals surface area (Å²) in [5, 5.41) is 3.39. The Bertz CT molecular complexity index is 459. The highest BCUT2D eigenvalue weighted by molar-refractivity contribution is 5.81. The summed E-state index contributed by atoms with van der Waals surface area (Å²) >= 11 is 0. The van der Waals surface area contributed by atoms with E-state index in [0.29, 0.717) is 0 Å². The lowest BCUT2D eigenvalue weighted by Gasteiger charge is -2.52. The van der Waals surface area contributed by atoms with Crippen LogP contribution in [0.3, 0.4) is 0 Å². The molecule has 0 unspecified atom stereocenters. The first-order chi connectivity index (χ1) is 9.46. The molecular weight excluding hydrogens is 252 g/mol. The topological polar surface area (TPSA) is 64.3 Å². The molecule has 0 saturated heterocycles. The molecule has 2 rings (SSSR count). The van der Waals surface area contributed by atoms with Crippen LogP contribution < -0.4 is 11.1 Å². The summed E-state index contributed by atoms with van der Waals surface area (Å²) in [5.41, 5.74) is 6.47. The zero-order valence-electron chi connectivity index (χ0n) is 12.4. The Hall–Kier alpha value is -1.39. The standard InChI is InChI=1S/C16H24N2O2/c1-4-20-13-10-12(16(13,2)3)18-14(15(17)19)11-8-6-5-7-9-11/h5-9,12-14,18H,4,10H2,1-3H3,(H2,17,19)/t12-,13+,14+/m0/s1. The number of nitrogens with one attached hydrogen (secondary N) is 1. The van der Waals surface area contributed by atoms with Crippen molar-refractivity contribution in [2.45, 2.75) is 45.4 Å². The smallest absolute Gasteiger partial charge is 0.239 e. The number of hydrogen-bond acceptors (Lipinski definition) is 3. The fraction of sp³-hybridized carbons (Fsp3) is 0.562. The van der Waals surface area contributed by atoms with Crippen molar-refractivity contribution in [1.82, 2.24) is 5.32 Å². The summed E-state index contributed by atoms with van der Waals surface area (Å²) in [4.78, 5) is 11.7. The highest BCUT2D eigenvalue weighted by Gasteiger charge is 2.49. The second-order valence-electron chi connectivity index (χ2n) is 5.97. The first-order valence-electron chi connectivity index (χ1n) is 7.18. The average Bonchev–Trinajstić information content (AvgIpc) is 2.42. The monoisotopic (exact) mass is 276 g/mol. The molecule has 0 radical (unpaired) electrons. The molecule has 0 heterocycles. The molecule has 1 aliphatic carbocycles. The zero-order chi connectivity index (χ0) is 14.8. The van der Waals surface area contributed by atoms with Gasteiger partial charge in [0.25, 0.3) is 0 Å². The van der Waals surface area contributed by atoms with Crippen molar-refractivity contribution in [1.29, 1.82) is 0 Å². The van der Waals surface area contributed by atoms with E-state index in [1.807, 2.05) is 37.3 Å². The van der Waals surface area contributed by atoms with Crippen LogP contribution in [0.1, 0.15) is 38.8 Å². The number of ether oxygens (including phenoxy) is 1. The van der Waals surface area contributed by atoms with Gasteiger partial charge in [-0.2, -0.15) is 0 Å². The second kappa shape index (κ2) is 5.94. The van der Waals surface area contributed by atoms with Gasteiger partial charge in [0, 0.05) is 18.1 Å². The predicted octanol–water partition coefficient (Wildman–Crippen LogP) is 2.01. The van der Waals surface area contributed by atoms with Gasteiger partial charge in [0.15, 0.2) is 0 Å². The number of nitrogens with two attached hydrogens (primary N) is 1. The van der Waals surface area contributed by atoms with E-state index in [1.54, 1.807) is 0 Å². The minimum absolute atomic E-state index is 0.0124. The highest BCUT2D eigenvalue weighted by atomic mass is 16.5. The van der Waals surface area contributed by atoms with Crippen molar-refractivity contribution in [3.05, 3.63) is 35.9 Å². The van der Waals surface area contributed by atoms with Gasteiger partial charge in [0.1, 0.15) is 6.04 Å². The minimum Gasteiger partial charge on any atom is -0.378 e. The molecule has 1 aromatic rings. The van der Waals surface area contributed by atoms with Crippen LogP contribution in [-0.4, -0.2) is 24.7 Å². The molecule has 1 saturated carbocycles. The Balaban J connectivity index is 2.06. The Labute approximate surface area is 120 Å². The summed E-state index contributed by atoms with van der Waals surface area (Å²) in [6.07, 6.45) is 1.16. The molecule has 0 aromatic heterocycles. The molecule has 20 heavy (non-hydrogen) atoms. The van der Waals surface area contributed by atoms with Crippen LogP contribution in [0.25, 0.3) is 0 Å². The van der Waals surface area contributed by atoms with Crippen molar-refractivity contribution in [3.8, 4) is 0 Å². The zero-order valence-corrected chi connectivity index (χ0v) is 12.4. The number of benzene rings is 1. The molecule has 3 atom stereocenters. The Morgan fingerprint density at radius 3 is 2.60 bits per heavy atom. The van der Waals surface area contributed by atoms with E-state index in [0.717, 1.165) is 18.6 Å². The lowest BCUT2D eigenvalue weighted by Crippen LogP contribution is -2.62. The number of carbonyl (C=O) groups is 1. The molecule has 3 N–H and O–H groups in total. The van der Waals surface area contributed by atoms with E-state index in [-0.39, 0.29) is 23.5 Å². The van der Waals surface area contributed by atoms with Crippen LogP contribution in [0, 0.1) is 5.41 Å². The maximum absolute atomic E-state index is 11.7. The molecular formula is C16H24N2O2. The summed E-state index contributed by atoms with van der Waals surface area (Å²) in [6, 6.07) is 9.41. The van der Waals surface area contributed by atoms with E-state index < -0.39 is 6.04 Å². The maximum Gasteiger partial charge on any atom is 0.239 e. The molecule has 1 aromatic carbocycles. The lowest BCUT2D eigenvalue weighted by atomic mass is 9.64. The van der Waals surface area contributed by atoms with E-state index in [9.17, 15) is 4.79 Å². The SMILES string of the molecule is CCO[C@@H]1C[C@H](N[C@@H](C(N)=O)c2ccccc2)C1(C)C. The number of hydrogen-bond donors (Lipinski definition) is 2. The molecule has 4 nitrogen and oxygen atoms in total. The number of primary amides is 1. The fourth-order valence-electron chi connectivity index (χ4n) is 2.84. The molecule has 0 bridgehead atoms. The Kier molecular flexibility index (Phi) is 4.45. The molecule has 4 heteroatoms. The average molecular weight is 276 g/mol. The van der Waals surface area contributed by atoms with Crippen LogP contribution in [0.5, 0.6) is 0 Å². The Morgan fingerprint density at radius 2 is 2.10 bits per heavy atom. The highest BCUT2D eigenvalue weighted by Crippen LogP contribution is 2.43. The Morgan fingerprint density at radius 1 is 1.45 bits per heavy atom. The second-order valence-corrected chi connectivity index (χ2v) is 5.97. The molecule has 0 aliphatic heterocycles. The van der Waals surface area contributed by atoms with Gasteiger partial charge in [-0.1, -0.05) is 44.2 Å². The molecule has 1 amide bonds. The number of amides is 1. The van der Waals surface area contributed by atoms with Gasteiger partial charge in [-0.15, -0.1) is 0 Å². The van der Waals surface area contributed by atoms with Gasteiger partial charge in [-0.3, -0.25) is 10.1 Å². The first-order valence-corrected chi connectivity index (χ1v) is 7.18. The van der Waals surface area contributed by atoms with E-state index >= 15 is 0 Å². The number of carbonyl (C=O) groups excluding carboxylic acids is 1. The van der Waals surface area contributed by atoms with Gasteiger partial charge in [0.05, 0.1) is 6.10 Å². The van der Waals surface area contributed by atoms with E-state index in [4.69, 9.17) is 10.5 Å². The third-order valence-corrected chi connectivity index (χ3v) is 4.33. The maximum atomic E-state index is 11.7. The molecule has 1 aliphatic rings. The molecule has 1 fully saturated rings. The largest absolute Gasteiger partial charge is 0.378 e. The van der Waals surface area contributed by atoms with Gasteiger partial charge in [-0.05, 0) is 18.9 Å². The van der Waals surface area contributed by atoms with Crippen LogP contribution in [0.4, 0.5) is 0 Å². The van der Waals surface area contributed by atoms with Gasteiger partial charge in [0.2, 0.25) is 5.91 Å². The minimum atomic E-state index is -0.442. The lowest BCUT2D eigenvalue weighted by molar-refractivity contribution is -0.129. The third-order valence-electron chi connectivity index (χ3n) is 4.33. The van der Waals surface area contributed by atoms with Crippen molar-refractivity contribution in [2.24, 2.45) is 11.1 Å². The fourth-order valence-corrected chi connectivity index (χ4v) is 2.84. The van der Waals surface area contributed by atoms with Crippen molar-refractivity contribution in [2.75, 3.05) is 6.61 Å². The summed E-state index contributed by atoms with van der Waals surface area (Å²) in [5.74, 6) is -0.341.